The molecule has 1 amide bonds. The molecule has 0 heterocycles. The van der Waals surface area contributed by atoms with Crippen molar-refractivity contribution >= 4 is 21.8 Å². The van der Waals surface area contributed by atoms with Crippen LogP contribution in [0.3, 0.4) is 0 Å². The number of carbonyl (C=O) groups excluding carboxylic acids is 1. The van der Waals surface area contributed by atoms with Gasteiger partial charge in [-0.15, -0.1) is 0 Å². The summed E-state index contributed by atoms with van der Waals surface area (Å²) in [5.41, 5.74) is 2.32. The first-order valence-corrected chi connectivity index (χ1v) is 8.65. The van der Waals surface area contributed by atoms with Crippen molar-refractivity contribution in [1.29, 1.82) is 0 Å². The van der Waals surface area contributed by atoms with Crippen LogP contribution in [0.15, 0.2) is 59.1 Å². The lowest BCUT2D eigenvalue weighted by Gasteiger charge is -2.26. The molecule has 23 heavy (non-hydrogen) atoms. The smallest absolute Gasteiger partial charge is 0.237 e. The van der Waals surface area contributed by atoms with Gasteiger partial charge in [0, 0.05) is 17.6 Å². The zero-order valence-electron chi connectivity index (χ0n) is 13.6. The molecule has 0 aromatic heterocycles. The molecule has 0 aliphatic rings. The largest absolute Gasteiger partial charge is 0.351 e. The Morgan fingerprint density at radius 3 is 2.35 bits per heavy atom. The Morgan fingerprint density at radius 2 is 1.74 bits per heavy atom. The van der Waals surface area contributed by atoms with Crippen molar-refractivity contribution in [3.63, 3.8) is 0 Å². The summed E-state index contributed by atoms with van der Waals surface area (Å²) in [5, 5.41) is 3.04. The Morgan fingerprint density at radius 1 is 1.09 bits per heavy atom. The van der Waals surface area contributed by atoms with Crippen LogP contribution in [0.4, 0.5) is 0 Å². The molecule has 0 radical (unpaired) electrons. The lowest BCUT2D eigenvalue weighted by molar-refractivity contribution is -0.126. The average Bonchev–Trinajstić information content (AvgIpc) is 2.57. The van der Waals surface area contributed by atoms with Gasteiger partial charge in [-0.2, -0.15) is 0 Å². The first-order valence-electron chi connectivity index (χ1n) is 7.86. The number of nitrogens with one attached hydrogen (secondary N) is 1. The fourth-order valence-electron chi connectivity index (χ4n) is 2.59. The Labute approximate surface area is 146 Å². The number of hydrogen-bond acceptors (Lipinski definition) is 2. The van der Waals surface area contributed by atoms with Gasteiger partial charge in [-0.05, 0) is 36.7 Å². The van der Waals surface area contributed by atoms with E-state index in [0.717, 1.165) is 23.0 Å². The van der Waals surface area contributed by atoms with Crippen molar-refractivity contribution < 1.29 is 4.79 Å². The zero-order chi connectivity index (χ0) is 16.7. The third-order valence-electron chi connectivity index (χ3n) is 3.88. The Hall–Kier alpha value is -1.65. The van der Waals surface area contributed by atoms with Crippen molar-refractivity contribution in [2.45, 2.75) is 32.5 Å². The summed E-state index contributed by atoms with van der Waals surface area (Å²) in [4.78, 5) is 14.6. The van der Waals surface area contributed by atoms with Crippen LogP contribution in [0.2, 0.25) is 0 Å². The van der Waals surface area contributed by atoms with E-state index in [9.17, 15) is 4.79 Å². The predicted octanol–water partition coefficient (Wildman–Crippen LogP) is 3.98. The van der Waals surface area contributed by atoms with E-state index in [0.29, 0.717) is 6.54 Å². The number of likely N-dealkylation sites (N-methyl/N-ethyl adjacent to an activating group) is 1. The van der Waals surface area contributed by atoms with Crippen LogP contribution in [0.1, 0.15) is 24.5 Å². The van der Waals surface area contributed by atoms with Crippen LogP contribution in [-0.4, -0.2) is 23.9 Å². The SMILES string of the molecule is CC[C@H](C(=O)NCc1ccccc1)N(C)Cc1ccc(Br)cc1. The van der Waals surface area contributed by atoms with Crippen LogP contribution in [-0.2, 0) is 17.9 Å². The summed E-state index contributed by atoms with van der Waals surface area (Å²) in [6.45, 7) is 3.37. The van der Waals surface area contributed by atoms with E-state index in [1.165, 1.54) is 5.56 Å². The predicted molar refractivity (Wildman–Crippen MR) is 98.0 cm³/mol. The van der Waals surface area contributed by atoms with Crippen molar-refractivity contribution in [2.75, 3.05) is 7.05 Å². The number of nitrogens with zero attached hydrogens (tertiary/aromatic N) is 1. The van der Waals surface area contributed by atoms with E-state index in [4.69, 9.17) is 0 Å². The minimum atomic E-state index is -0.123. The lowest BCUT2D eigenvalue weighted by Crippen LogP contribution is -2.44. The average molecular weight is 375 g/mol. The summed E-state index contributed by atoms with van der Waals surface area (Å²) in [5.74, 6) is 0.0796. The molecule has 0 fully saturated rings. The monoisotopic (exact) mass is 374 g/mol. The number of carbonyl (C=O) groups is 1. The topological polar surface area (TPSA) is 32.3 Å². The minimum absolute atomic E-state index is 0.0796. The molecule has 2 rings (SSSR count). The summed E-state index contributed by atoms with van der Waals surface area (Å²) >= 11 is 3.44. The Balaban J connectivity index is 1.91. The highest BCUT2D eigenvalue weighted by Crippen LogP contribution is 2.14. The molecular weight excluding hydrogens is 352 g/mol. The summed E-state index contributed by atoms with van der Waals surface area (Å²) in [6, 6.07) is 18.1. The van der Waals surface area contributed by atoms with Crippen molar-refractivity contribution in [3.05, 3.63) is 70.2 Å². The quantitative estimate of drug-likeness (QED) is 0.794. The van der Waals surface area contributed by atoms with Gasteiger partial charge in [-0.3, -0.25) is 9.69 Å². The van der Waals surface area contributed by atoms with Crippen LogP contribution in [0, 0.1) is 0 Å². The van der Waals surface area contributed by atoms with E-state index >= 15 is 0 Å². The maximum Gasteiger partial charge on any atom is 0.237 e. The number of hydrogen-bond donors (Lipinski definition) is 1. The highest BCUT2D eigenvalue weighted by molar-refractivity contribution is 9.10. The fraction of sp³-hybridized carbons (Fsp3) is 0.316. The number of amides is 1. The van der Waals surface area contributed by atoms with Crippen LogP contribution in [0.5, 0.6) is 0 Å². The van der Waals surface area contributed by atoms with Gasteiger partial charge >= 0.3 is 0 Å². The molecule has 0 unspecified atom stereocenters. The van der Waals surface area contributed by atoms with Gasteiger partial charge in [0.05, 0.1) is 6.04 Å². The summed E-state index contributed by atoms with van der Waals surface area (Å²) in [6.07, 6.45) is 0.785. The number of benzene rings is 2. The molecule has 2 aromatic rings. The second-order valence-corrected chi connectivity index (χ2v) is 6.58. The first-order chi connectivity index (χ1) is 11.1. The van der Waals surface area contributed by atoms with Crippen molar-refractivity contribution in [1.82, 2.24) is 10.2 Å². The van der Waals surface area contributed by atoms with E-state index in [-0.39, 0.29) is 11.9 Å². The summed E-state index contributed by atoms with van der Waals surface area (Å²) in [7, 11) is 2.00. The molecule has 122 valence electrons. The second-order valence-electron chi connectivity index (χ2n) is 5.67. The molecule has 2 aromatic carbocycles. The fourth-order valence-corrected chi connectivity index (χ4v) is 2.85. The highest BCUT2D eigenvalue weighted by atomic mass is 79.9. The number of halogens is 1. The third-order valence-corrected chi connectivity index (χ3v) is 4.40. The lowest BCUT2D eigenvalue weighted by atomic mass is 10.1. The van der Waals surface area contributed by atoms with Gasteiger partial charge in [0.1, 0.15) is 0 Å². The van der Waals surface area contributed by atoms with Gasteiger partial charge in [0.25, 0.3) is 0 Å². The Kier molecular flexibility index (Phi) is 6.81. The van der Waals surface area contributed by atoms with E-state index in [2.05, 4.69) is 38.3 Å². The first kappa shape index (κ1) is 17.7. The third kappa shape index (κ3) is 5.48. The highest BCUT2D eigenvalue weighted by Gasteiger charge is 2.21. The van der Waals surface area contributed by atoms with Gasteiger partial charge in [-0.1, -0.05) is 65.3 Å². The van der Waals surface area contributed by atoms with Gasteiger partial charge < -0.3 is 5.32 Å². The molecule has 0 bridgehead atoms. The van der Waals surface area contributed by atoms with Crippen LogP contribution >= 0.6 is 15.9 Å². The number of rotatable bonds is 7. The van der Waals surface area contributed by atoms with Gasteiger partial charge in [-0.25, -0.2) is 0 Å². The zero-order valence-corrected chi connectivity index (χ0v) is 15.2. The molecule has 4 heteroatoms. The second kappa shape index (κ2) is 8.85. The molecule has 0 spiro atoms. The summed E-state index contributed by atoms with van der Waals surface area (Å²) < 4.78 is 1.07. The molecule has 0 saturated carbocycles. The minimum Gasteiger partial charge on any atom is -0.351 e. The maximum atomic E-state index is 12.5. The van der Waals surface area contributed by atoms with Gasteiger partial charge in [0.15, 0.2) is 0 Å². The van der Waals surface area contributed by atoms with Crippen molar-refractivity contribution in [2.24, 2.45) is 0 Å². The van der Waals surface area contributed by atoms with Crippen molar-refractivity contribution in [3.8, 4) is 0 Å². The molecule has 0 aliphatic heterocycles. The van der Waals surface area contributed by atoms with Crippen LogP contribution in [0.25, 0.3) is 0 Å². The van der Waals surface area contributed by atoms with E-state index < -0.39 is 0 Å². The molecule has 0 saturated heterocycles. The van der Waals surface area contributed by atoms with Gasteiger partial charge in [0.2, 0.25) is 5.91 Å². The standard InChI is InChI=1S/C19H23BrN2O/c1-3-18(19(23)21-13-15-7-5-4-6-8-15)22(2)14-16-9-11-17(20)12-10-16/h4-12,18H,3,13-14H2,1-2H3,(H,21,23)/t18-/m1/s1. The van der Waals surface area contributed by atoms with E-state index in [1.807, 2.05) is 56.4 Å². The normalized spacial score (nSPS) is 12.2. The Bertz CT molecular complexity index is 613. The maximum absolute atomic E-state index is 12.5. The van der Waals surface area contributed by atoms with Crippen LogP contribution < -0.4 is 5.32 Å². The molecular formula is C19H23BrN2O. The molecule has 3 nitrogen and oxygen atoms in total. The molecule has 1 atom stereocenters. The molecule has 1 N–H and O–H groups in total. The van der Waals surface area contributed by atoms with E-state index in [1.54, 1.807) is 0 Å². The molecule has 0 aliphatic carbocycles.